The van der Waals surface area contributed by atoms with Crippen molar-refractivity contribution in [2.45, 2.75) is 25.3 Å². The van der Waals surface area contributed by atoms with Gasteiger partial charge >= 0.3 is 0 Å². The zero-order valence-corrected chi connectivity index (χ0v) is 14.9. The van der Waals surface area contributed by atoms with Crippen molar-refractivity contribution in [2.24, 2.45) is 7.05 Å². The lowest BCUT2D eigenvalue weighted by atomic mass is 9.96. The zero-order valence-electron chi connectivity index (χ0n) is 14.1. The standard InChI is InChI=1S/C17H20N6OS/c1-21-7-4-15(20-21)17(24)23-6-2-3-13(9-23)16-18-5-8-22(16)10-14-11-25-12-19-14/h4-5,7-8,11-13H,2-3,6,9-10H2,1H3/t13-/m0/s1. The lowest BCUT2D eigenvalue weighted by Crippen LogP contribution is -2.40. The minimum atomic E-state index is 0.00269. The largest absolute Gasteiger partial charge is 0.337 e. The molecule has 1 fully saturated rings. The van der Waals surface area contributed by atoms with Gasteiger partial charge in [-0.15, -0.1) is 11.3 Å². The predicted octanol–water partition coefficient (Wildman–Crippen LogP) is 2.14. The van der Waals surface area contributed by atoms with Crippen molar-refractivity contribution in [3.8, 4) is 0 Å². The third-order valence-electron chi connectivity index (χ3n) is 4.57. The summed E-state index contributed by atoms with van der Waals surface area (Å²) in [4.78, 5) is 23.5. The van der Waals surface area contributed by atoms with Crippen LogP contribution in [0, 0.1) is 0 Å². The van der Waals surface area contributed by atoms with Crippen molar-refractivity contribution in [1.82, 2.24) is 29.2 Å². The number of carbonyl (C=O) groups excluding carboxylic acids is 1. The second-order valence-corrected chi connectivity index (χ2v) is 7.08. The first-order valence-corrected chi connectivity index (χ1v) is 9.32. The van der Waals surface area contributed by atoms with Crippen LogP contribution in [0.25, 0.3) is 0 Å². The molecule has 0 spiro atoms. The monoisotopic (exact) mass is 356 g/mol. The normalized spacial score (nSPS) is 17.8. The molecule has 1 aliphatic rings. The number of rotatable bonds is 4. The Kier molecular flexibility index (Phi) is 4.35. The number of carbonyl (C=O) groups is 1. The van der Waals surface area contributed by atoms with E-state index in [-0.39, 0.29) is 11.8 Å². The van der Waals surface area contributed by atoms with E-state index in [4.69, 9.17) is 0 Å². The first-order valence-electron chi connectivity index (χ1n) is 8.37. The molecule has 0 N–H and O–H groups in total. The van der Waals surface area contributed by atoms with Crippen molar-refractivity contribution in [1.29, 1.82) is 0 Å². The Hall–Kier alpha value is -2.48. The van der Waals surface area contributed by atoms with Crippen LogP contribution in [0.5, 0.6) is 0 Å². The maximum atomic E-state index is 12.7. The van der Waals surface area contributed by atoms with Crippen LogP contribution in [-0.4, -0.2) is 48.2 Å². The molecule has 8 heteroatoms. The number of nitrogens with zero attached hydrogens (tertiary/aromatic N) is 6. The first-order chi connectivity index (χ1) is 12.2. The van der Waals surface area contributed by atoms with E-state index in [0.717, 1.165) is 37.4 Å². The quantitative estimate of drug-likeness (QED) is 0.718. The lowest BCUT2D eigenvalue weighted by Gasteiger charge is -2.32. The number of aromatic nitrogens is 5. The summed E-state index contributed by atoms with van der Waals surface area (Å²) < 4.78 is 3.81. The second kappa shape index (κ2) is 6.79. The predicted molar refractivity (Wildman–Crippen MR) is 94.5 cm³/mol. The Bertz CT molecular complexity index is 852. The first kappa shape index (κ1) is 16.0. The maximum absolute atomic E-state index is 12.7. The molecule has 1 amide bonds. The fourth-order valence-corrected chi connectivity index (χ4v) is 3.92. The molecule has 0 radical (unpaired) electrons. The van der Waals surface area contributed by atoms with Gasteiger partial charge in [0.05, 0.1) is 17.7 Å². The van der Waals surface area contributed by atoms with E-state index < -0.39 is 0 Å². The second-order valence-electron chi connectivity index (χ2n) is 6.36. The van der Waals surface area contributed by atoms with Crippen LogP contribution in [0.1, 0.15) is 40.8 Å². The Morgan fingerprint density at radius 2 is 2.28 bits per heavy atom. The van der Waals surface area contributed by atoms with Crippen molar-refractivity contribution in [3.63, 3.8) is 0 Å². The van der Waals surface area contributed by atoms with Gasteiger partial charge in [0.2, 0.25) is 0 Å². The van der Waals surface area contributed by atoms with Gasteiger partial charge in [-0.3, -0.25) is 9.48 Å². The molecule has 0 unspecified atom stereocenters. The van der Waals surface area contributed by atoms with Crippen molar-refractivity contribution < 1.29 is 4.79 Å². The molecule has 0 aliphatic carbocycles. The molecule has 3 aromatic rings. The van der Waals surface area contributed by atoms with Crippen LogP contribution in [0.3, 0.4) is 0 Å². The number of likely N-dealkylation sites (tertiary alicyclic amines) is 1. The fourth-order valence-electron chi connectivity index (χ4n) is 3.37. The highest BCUT2D eigenvalue weighted by molar-refractivity contribution is 7.07. The van der Waals surface area contributed by atoms with Gasteiger partial charge in [0.25, 0.3) is 5.91 Å². The number of amides is 1. The molecular weight excluding hydrogens is 336 g/mol. The van der Waals surface area contributed by atoms with Gasteiger partial charge in [0.15, 0.2) is 0 Å². The molecule has 130 valence electrons. The molecule has 4 rings (SSSR count). The third kappa shape index (κ3) is 3.34. The zero-order chi connectivity index (χ0) is 17.2. The van der Waals surface area contributed by atoms with Gasteiger partial charge < -0.3 is 9.47 Å². The van der Waals surface area contributed by atoms with Gasteiger partial charge in [-0.1, -0.05) is 0 Å². The third-order valence-corrected chi connectivity index (χ3v) is 5.21. The number of thiazole rings is 1. The molecule has 1 atom stereocenters. The number of aryl methyl sites for hydroxylation is 1. The number of hydrogen-bond donors (Lipinski definition) is 0. The van der Waals surface area contributed by atoms with E-state index in [9.17, 15) is 4.79 Å². The molecular formula is C17H20N6OS. The van der Waals surface area contributed by atoms with Gasteiger partial charge in [0, 0.05) is 50.0 Å². The summed E-state index contributed by atoms with van der Waals surface area (Å²) in [5.74, 6) is 1.28. The summed E-state index contributed by atoms with van der Waals surface area (Å²) in [7, 11) is 1.82. The minimum Gasteiger partial charge on any atom is -0.337 e. The Morgan fingerprint density at radius 1 is 1.36 bits per heavy atom. The van der Waals surface area contributed by atoms with Crippen LogP contribution >= 0.6 is 11.3 Å². The smallest absolute Gasteiger partial charge is 0.274 e. The molecule has 1 saturated heterocycles. The van der Waals surface area contributed by atoms with Gasteiger partial charge in [-0.25, -0.2) is 9.97 Å². The molecule has 4 heterocycles. The average molecular weight is 356 g/mol. The van der Waals surface area contributed by atoms with E-state index in [1.807, 2.05) is 29.9 Å². The van der Waals surface area contributed by atoms with Crippen LogP contribution in [0.15, 0.2) is 35.5 Å². The van der Waals surface area contributed by atoms with E-state index in [0.29, 0.717) is 12.2 Å². The lowest BCUT2D eigenvalue weighted by molar-refractivity contribution is 0.0696. The van der Waals surface area contributed by atoms with Gasteiger partial charge in [-0.05, 0) is 18.9 Å². The summed E-state index contributed by atoms with van der Waals surface area (Å²) in [5.41, 5.74) is 3.40. The molecule has 0 bridgehead atoms. The number of piperidine rings is 1. The molecule has 0 aromatic carbocycles. The number of hydrogen-bond acceptors (Lipinski definition) is 5. The Labute approximate surface area is 149 Å². The van der Waals surface area contributed by atoms with Crippen LogP contribution < -0.4 is 0 Å². The Morgan fingerprint density at radius 3 is 3.04 bits per heavy atom. The van der Waals surface area contributed by atoms with Gasteiger partial charge in [0.1, 0.15) is 11.5 Å². The minimum absolute atomic E-state index is 0.00269. The summed E-state index contributed by atoms with van der Waals surface area (Å²) in [6.45, 7) is 2.19. The Balaban J connectivity index is 1.50. The number of imidazole rings is 1. The maximum Gasteiger partial charge on any atom is 0.274 e. The molecule has 3 aromatic heterocycles. The van der Waals surface area contributed by atoms with Crippen molar-refractivity contribution in [2.75, 3.05) is 13.1 Å². The van der Waals surface area contributed by atoms with E-state index >= 15 is 0 Å². The SMILES string of the molecule is Cn1ccc(C(=O)N2CCC[C@H](c3nccn3Cc3cscn3)C2)n1. The van der Waals surface area contributed by atoms with Crippen molar-refractivity contribution in [3.05, 3.63) is 52.8 Å². The molecule has 25 heavy (non-hydrogen) atoms. The van der Waals surface area contributed by atoms with Crippen LogP contribution in [0.2, 0.25) is 0 Å². The summed E-state index contributed by atoms with van der Waals surface area (Å²) >= 11 is 1.60. The van der Waals surface area contributed by atoms with Gasteiger partial charge in [-0.2, -0.15) is 5.10 Å². The summed E-state index contributed by atoms with van der Waals surface area (Å²) in [6.07, 6.45) is 7.65. The fraction of sp³-hybridized carbons (Fsp3) is 0.412. The highest BCUT2D eigenvalue weighted by atomic mass is 32.1. The molecule has 1 aliphatic heterocycles. The topological polar surface area (TPSA) is 68.8 Å². The summed E-state index contributed by atoms with van der Waals surface area (Å²) in [6, 6.07) is 1.77. The van der Waals surface area contributed by atoms with E-state index in [2.05, 4.69) is 25.0 Å². The molecule has 0 saturated carbocycles. The van der Waals surface area contributed by atoms with E-state index in [1.165, 1.54) is 0 Å². The summed E-state index contributed by atoms with van der Waals surface area (Å²) in [5, 5.41) is 6.30. The van der Waals surface area contributed by atoms with Crippen LogP contribution in [0.4, 0.5) is 0 Å². The van der Waals surface area contributed by atoms with E-state index in [1.54, 1.807) is 28.3 Å². The van der Waals surface area contributed by atoms with Crippen LogP contribution in [-0.2, 0) is 13.6 Å². The highest BCUT2D eigenvalue weighted by Gasteiger charge is 2.28. The highest BCUT2D eigenvalue weighted by Crippen LogP contribution is 2.27. The van der Waals surface area contributed by atoms with Crippen molar-refractivity contribution >= 4 is 17.2 Å². The molecule has 7 nitrogen and oxygen atoms in total. The average Bonchev–Trinajstić information content (AvgIpc) is 3.37.